The largest absolute Gasteiger partial charge is 0.347 e. The number of hydrogen-bond donors (Lipinski definition) is 2. The van der Waals surface area contributed by atoms with Gasteiger partial charge in [-0.1, -0.05) is 30.3 Å². The number of nitrogens with zero attached hydrogens (tertiary/aromatic N) is 3. The maximum absolute atomic E-state index is 12.1. The molecule has 0 aliphatic rings. The fourth-order valence-corrected chi connectivity index (χ4v) is 2.21. The smallest absolute Gasteiger partial charge is 0.272 e. The van der Waals surface area contributed by atoms with E-state index < -0.39 is 5.91 Å². The van der Waals surface area contributed by atoms with E-state index in [0.717, 1.165) is 5.56 Å². The molecule has 8 nitrogen and oxygen atoms in total. The fraction of sp³-hybridized carbons (Fsp3) is 0.333. The lowest BCUT2D eigenvalue weighted by Gasteiger charge is -2.09. The standard InChI is InChI=1S/C18H23N5O3/c1-22(2)17(25)12-19-18(26)14-11-15(23(3)21-14)20-16(24)10-9-13-7-5-4-6-8-13/h4-8,11H,9-10,12H2,1-3H3,(H,19,26)(H,20,24). The number of likely N-dealkylation sites (N-methyl/N-ethyl adjacent to an activating group) is 1. The van der Waals surface area contributed by atoms with Crippen LogP contribution in [0.4, 0.5) is 5.82 Å². The summed E-state index contributed by atoms with van der Waals surface area (Å²) in [6, 6.07) is 11.2. The minimum absolute atomic E-state index is 0.110. The third-order valence-electron chi connectivity index (χ3n) is 3.76. The zero-order valence-electron chi connectivity index (χ0n) is 15.2. The number of hydrogen-bond acceptors (Lipinski definition) is 4. The third kappa shape index (κ3) is 5.44. The van der Waals surface area contributed by atoms with Crippen LogP contribution in [0.25, 0.3) is 0 Å². The van der Waals surface area contributed by atoms with Gasteiger partial charge in [-0.2, -0.15) is 5.10 Å². The first-order valence-corrected chi connectivity index (χ1v) is 8.23. The molecule has 138 valence electrons. The average Bonchev–Trinajstić information content (AvgIpc) is 2.99. The van der Waals surface area contributed by atoms with Gasteiger partial charge in [0.15, 0.2) is 5.69 Å². The van der Waals surface area contributed by atoms with E-state index in [0.29, 0.717) is 18.7 Å². The lowest BCUT2D eigenvalue weighted by Crippen LogP contribution is -2.36. The molecular formula is C18H23N5O3. The van der Waals surface area contributed by atoms with Gasteiger partial charge in [-0.15, -0.1) is 0 Å². The minimum Gasteiger partial charge on any atom is -0.347 e. The van der Waals surface area contributed by atoms with E-state index in [2.05, 4.69) is 15.7 Å². The predicted molar refractivity (Wildman–Crippen MR) is 97.6 cm³/mol. The Kier molecular flexibility index (Phi) is 6.48. The summed E-state index contributed by atoms with van der Waals surface area (Å²) in [5, 5.41) is 9.32. The first-order chi connectivity index (χ1) is 12.4. The number of aromatic nitrogens is 2. The van der Waals surface area contributed by atoms with Gasteiger partial charge in [-0.05, 0) is 12.0 Å². The zero-order valence-corrected chi connectivity index (χ0v) is 15.2. The molecule has 3 amide bonds. The van der Waals surface area contributed by atoms with Crippen LogP contribution in [0.1, 0.15) is 22.5 Å². The Bertz CT molecular complexity index is 783. The number of rotatable bonds is 7. The van der Waals surface area contributed by atoms with Gasteiger partial charge in [0.25, 0.3) is 5.91 Å². The van der Waals surface area contributed by atoms with Crippen LogP contribution in [0.3, 0.4) is 0 Å². The van der Waals surface area contributed by atoms with Crippen LogP contribution in [-0.4, -0.2) is 53.0 Å². The second-order valence-electron chi connectivity index (χ2n) is 6.04. The number of amides is 3. The number of anilines is 1. The number of aryl methyl sites for hydroxylation is 2. The van der Waals surface area contributed by atoms with Crippen molar-refractivity contribution in [3.05, 3.63) is 47.7 Å². The molecule has 26 heavy (non-hydrogen) atoms. The van der Waals surface area contributed by atoms with Crippen LogP contribution in [0, 0.1) is 0 Å². The Morgan fingerprint density at radius 3 is 2.50 bits per heavy atom. The van der Waals surface area contributed by atoms with Gasteiger partial charge in [0.1, 0.15) is 5.82 Å². The van der Waals surface area contributed by atoms with Gasteiger partial charge in [0.05, 0.1) is 6.54 Å². The zero-order chi connectivity index (χ0) is 19.1. The second kappa shape index (κ2) is 8.80. The van der Waals surface area contributed by atoms with Gasteiger partial charge >= 0.3 is 0 Å². The van der Waals surface area contributed by atoms with Crippen molar-refractivity contribution in [2.75, 3.05) is 26.0 Å². The van der Waals surface area contributed by atoms with Gasteiger partial charge in [-0.3, -0.25) is 19.1 Å². The molecule has 2 rings (SSSR count). The van der Waals surface area contributed by atoms with E-state index in [1.54, 1.807) is 21.1 Å². The molecule has 0 aliphatic carbocycles. The van der Waals surface area contributed by atoms with Crippen LogP contribution < -0.4 is 10.6 Å². The molecule has 8 heteroatoms. The quantitative estimate of drug-likeness (QED) is 0.766. The average molecular weight is 357 g/mol. The summed E-state index contributed by atoms with van der Waals surface area (Å²) in [6.07, 6.45) is 0.957. The van der Waals surface area contributed by atoms with E-state index >= 15 is 0 Å². The molecule has 0 fully saturated rings. The van der Waals surface area contributed by atoms with Crippen molar-refractivity contribution >= 4 is 23.5 Å². The monoisotopic (exact) mass is 357 g/mol. The first-order valence-electron chi connectivity index (χ1n) is 8.23. The van der Waals surface area contributed by atoms with E-state index in [-0.39, 0.29) is 24.1 Å². The van der Waals surface area contributed by atoms with Gasteiger partial charge in [-0.25, -0.2) is 0 Å². The highest BCUT2D eigenvalue weighted by molar-refractivity contribution is 5.97. The van der Waals surface area contributed by atoms with Crippen LogP contribution >= 0.6 is 0 Å². The molecule has 1 aromatic carbocycles. The summed E-state index contributed by atoms with van der Waals surface area (Å²) in [6.45, 7) is -0.110. The molecule has 1 heterocycles. The van der Waals surface area contributed by atoms with Crippen molar-refractivity contribution < 1.29 is 14.4 Å². The minimum atomic E-state index is -0.472. The number of nitrogens with one attached hydrogen (secondary N) is 2. The number of carbonyl (C=O) groups excluding carboxylic acids is 3. The van der Waals surface area contributed by atoms with E-state index in [1.165, 1.54) is 15.6 Å². The van der Waals surface area contributed by atoms with Crippen molar-refractivity contribution in [1.29, 1.82) is 0 Å². The van der Waals surface area contributed by atoms with Gasteiger partial charge < -0.3 is 15.5 Å². The summed E-state index contributed by atoms with van der Waals surface area (Å²) in [4.78, 5) is 37.1. The number of carbonyl (C=O) groups is 3. The lowest BCUT2D eigenvalue weighted by molar-refractivity contribution is -0.127. The Morgan fingerprint density at radius 1 is 1.15 bits per heavy atom. The maximum Gasteiger partial charge on any atom is 0.272 e. The van der Waals surface area contributed by atoms with Crippen LogP contribution in [0.2, 0.25) is 0 Å². The van der Waals surface area contributed by atoms with E-state index in [4.69, 9.17) is 0 Å². The molecule has 1 aromatic heterocycles. The molecule has 0 atom stereocenters. The van der Waals surface area contributed by atoms with Crippen molar-refractivity contribution in [2.45, 2.75) is 12.8 Å². The van der Waals surface area contributed by atoms with Crippen molar-refractivity contribution in [1.82, 2.24) is 20.0 Å². The molecule has 0 radical (unpaired) electrons. The number of benzene rings is 1. The van der Waals surface area contributed by atoms with Crippen LogP contribution in [0.15, 0.2) is 36.4 Å². The Morgan fingerprint density at radius 2 is 1.85 bits per heavy atom. The molecule has 0 aliphatic heterocycles. The SMILES string of the molecule is CN(C)C(=O)CNC(=O)c1cc(NC(=O)CCc2ccccc2)n(C)n1. The van der Waals surface area contributed by atoms with Crippen molar-refractivity contribution in [3.8, 4) is 0 Å². The Hall–Kier alpha value is -3.16. The predicted octanol–water partition coefficient (Wildman–Crippen LogP) is 0.809. The van der Waals surface area contributed by atoms with Crippen LogP contribution in [-0.2, 0) is 23.1 Å². The second-order valence-corrected chi connectivity index (χ2v) is 6.04. The van der Waals surface area contributed by atoms with Gasteiger partial charge in [0.2, 0.25) is 11.8 Å². The molecule has 0 bridgehead atoms. The normalized spacial score (nSPS) is 10.3. The highest BCUT2D eigenvalue weighted by Crippen LogP contribution is 2.10. The van der Waals surface area contributed by atoms with E-state index in [9.17, 15) is 14.4 Å². The molecule has 0 unspecified atom stereocenters. The van der Waals surface area contributed by atoms with Crippen LogP contribution in [0.5, 0.6) is 0 Å². The molecule has 2 N–H and O–H groups in total. The Balaban J connectivity index is 1.89. The summed E-state index contributed by atoms with van der Waals surface area (Å²) in [5.74, 6) is -0.428. The summed E-state index contributed by atoms with van der Waals surface area (Å²) in [5.41, 5.74) is 1.22. The van der Waals surface area contributed by atoms with Crippen molar-refractivity contribution in [2.24, 2.45) is 7.05 Å². The lowest BCUT2D eigenvalue weighted by atomic mass is 10.1. The molecular weight excluding hydrogens is 334 g/mol. The summed E-state index contributed by atoms with van der Waals surface area (Å²) >= 11 is 0. The highest BCUT2D eigenvalue weighted by atomic mass is 16.2. The maximum atomic E-state index is 12.1. The molecule has 2 aromatic rings. The first kappa shape index (κ1) is 19.2. The highest BCUT2D eigenvalue weighted by Gasteiger charge is 2.15. The fourth-order valence-electron chi connectivity index (χ4n) is 2.21. The molecule has 0 saturated heterocycles. The topological polar surface area (TPSA) is 96.3 Å². The Labute approximate surface area is 152 Å². The summed E-state index contributed by atoms with van der Waals surface area (Å²) < 4.78 is 1.42. The van der Waals surface area contributed by atoms with Crippen molar-refractivity contribution in [3.63, 3.8) is 0 Å². The molecule has 0 saturated carbocycles. The third-order valence-corrected chi connectivity index (χ3v) is 3.76. The van der Waals surface area contributed by atoms with Gasteiger partial charge in [0, 0.05) is 33.6 Å². The summed E-state index contributed by atoms with van der Waals surface area (Å²) in [7, 11) is 4.85. The molecule has 0 spiro atoms. The van der Waals surface area contributed by atoms with E-state index in [1.807, 2.05) is 30.3 Å².